The van der Waals surface area contributed by atoms with Gasteiger partial charge in [-0.25, -0.2) is 0 Å². The fourth-order valence-electron chi connectivity index (χ4n) is 5.48. The van der Waals surface area contributed by atoms with E-state index in [9.17, 15) is 15.3 Å². The molecule has 6 aromatic rings. The molecule has 0 saturated carbocycles. The minimum absolute atomic E-state index is 0.147. The van der Waals surface area contributed by atoms with Crippen molar-refractivity contribution in [1.29, 1.82) is 0 Å². The molecular formula is C24H19N3O3. The summed E-state index contributed by atoms with van der Waals surface area (Å²) in [6, 6.07) is 16.2. The molecule has 0 aliphatic carbocycles. The first-order chi connectivity index (χ1) is 14.6. The fraction of sp³-hybridized carbons (Fsp3) is 0.167. The van der Waals surface area contributed by atoms with E-state index in [1.807, 2.05) is 42.6 Å². The van der Waals surface area contributed by atoms with Crippen LogP contribution in [0.1, 0.15) is 0 Å². The normalized spacial score (nSPS) is 19.5. The molecule has 0 radical (unpaired) electrons. The van der Waals surface area contributed by atoms with E-state index in [2.05, 4.69) is 26.3 Å². The van der Waals surface area contributed by atoms with E-state index < -0.39 is 12.2 Å². The van der Waals surface area contributed by atoms with Crippen molar-refractivity contribution in [2.24, 2.45) is 0 Å². The number of nitrogens with zero attached hydrogens (tertiary/aromatic N) is 2. The highest BCUT2D eigenvalue weighted by Crippen LogP contribution is 2.47. The third-order valence-electron chi connectivity index (χ3n) is 6.73. The summed E-state index contributed by atoms with van der Waals surface area (Å²) in [6.45, 7) is 0.599. The van der Waals surface area contributed by atoms with Crippen LogP contribution >= 0.6 is 0 Å². The number of hydrogen-bond acceptors (Lipinski definition) is 3. The number of aromatic hydroxyl groups is 1. The highest BCUT2D eigenvalue weighted by atomic mass is 16.3. The number of nitrogens with one attached hydrogen (secondary N) is 1. The number of hydrogen-bond donors (Lipinski definition) is 4. The number of para-hydroxylation sites is 2. The summed E-state index contributed by atoms with van der Waals surface area (Å²) >= 11 is 0. The summed E-state index contributed by atoms with van der Waals surface area (Å²) < 4.78 is 4.22. The van der Waals surface area contributed by atoms with Gasteiger partial charge in [-0.05, 0) is 12.1 Å². The topological polar surface area (TPSA) is 86.3 Å². The van der Waals surface area contributed by atoms with Gasteiger partial charge in [0.1, 0.15) is 0 Å². The summed E-state index contributed by atoms with van der Waals surface area (Å²) in [7, 11) is 0. The van der Waals surface area contributed by atoms with Crippen LogP contribution in [-0.4, -0.2) is 41.6 Å². The molecule has 3 aromatic carbocycles. The summed E-state index contributed by atoms with van der Waals surface area (Å²) in [5.41, 5.74) is 3.99. The van der Waals surface area contributed by atoms with E-state index in [-0.39, 0.29) is 5.88 Å². The first kappa shape index (κ1) is 16.3. The molecule has 4 heterocycles. The Kier molecular flexibility index (Phi) is 2.92. The monoisotopic (exact) mass is 397 g/mol. The average molecular weight is 397 g/mol. The molecule has 0 fully saturated rings. The molecule has 6 heteroatoms. The molecule has 1 aliphatic rings. The second-order valence-corrected chi connectivity index (χ2v) is 8.26. The lowest BCUT2D eigenvalue weighted by Gasteiger charge is -2.24. The zero-order valence-electron chi connectivity index (χ0n) is 16.0. The van der Waals surface area contributed by atoms with E-state index >= 15 is 0 Å². The number of aliphatic hydroxyl groups is 2. The van der Waals surface area contributed by atoms with Gasteiger partial charge in [0.15, 0.2) is 5.88 Å². The van der Waals surface area contributed by atoms with Crippen LogP contribution in [0, 0.1) is 0 Å². The first-order valence-corrected chi connectivity index (χ1v) is 10.1. The van der Waals surface area contributed by atoms with E-state index in [0.29, 0.717) is 13.1 Å². The lowest BCUT2D eigenvalue weighted by atomic mass is 10.0. The Morgan fingerprint density at radius 2 is 1.23 bits per heavy atom. The number of H-pyrrole nitrogens is 1. The van der Waals surface area contributed by atoms with Crippen LogP contribution in [0.3, 0.4) is 0 Å². The molecule has 6 nitrogen and oxygen atoms in total. The molecular weight excluding hydrogens is 378 g/mol. The molecule has 4 N–H and O–H groups in total. The highest BCUT2D eigenvalue weighted by molar-refractivity contribution is 6.36. The lowest BCUT2D eigenvalue weighted by molar-refractivity contribution is 0.00168. The minimum Gasteiger partial charge on any atom is -0.494 e. The maximum absolute atomic E-state index is 10.8. The molecule has 30 heavy (non-hydrogen) atoms. The predicted molar refractivity (Wildman–Crippen MR) is 118 cm³/mol. The standard InChI is InChI=1S/C24H19N3O3/c28-17-10-26-15-7-3-1-5-12(15)19-14-9-25-24(30)21(14)20-13-6-2-4-8-16(13)27(11-18(17)29)23(20)22(19)26/h1-9,17-18,25,28-30H,10-11H2/t17-,18-/m1/s1. The van der Waals surface area contributed by atoms with Crippen molar-refractivity contribution in [3.8, 4) is 5.88 Å². The van der Waals surface area contributed by atoms with Crippen LogP contribution < -0.4 is 0 Å². The van der Waals surface area contributed by atoms with Gasteiger partial charge in [-0.2, -0.15) is 0 Å². The summed E-state index contributed by atoms with van der Waals surface area (Å²) in [5, 5.41) is 38.2. The van der Waals surface area contributed by atoms with E-state index in [1.165, 1.54) is 0 Å². The fourth-order valence-corrected chi connectivity index (χ4v) is 5.48. The van der Waals surface area contributed by atoms with Crippen molar-refractivity contribution in [1.82, 2.24) is 14.1 Å². The summed E-state index contributed by atoms with van der Waals surface area (Å²) in [5.74, 6) is 0.147. The van der Waals surface area contributed by atoms with Gasteiger partial charge in [0.25, 0.3) is 0 Å². The number of aromatic nitrogens is 3. The van der Waals surface area contributed by atoms with Gasteiger partial charge in [-0.1, -0.05) is 36.4 Å². The summed E-state index contributed by atoms with van der Waals surface area (Å²) in [4.78, 5) is 3.02. The SMILES string of the molecule is Oc1[nH]cc2c1c1c3ccccc3n3c1c1c2c2ccccc2n1C[C@@H](O)[C@H](O)C3. The largest absolute Gasteiger partial charge is 0.494 e. The molecule has 0 amide bonds. The molecule has 1 aliphatic heterocycles. The van der Waals surface area contributed by atoms with Crippen molar-refractivity contribution in [2.45, 2.75) is 25.3 Å². The number of fused-ring (bicyclic) bond motifs is 9. The molecule has 3 aromatic heterocycles. The zero-order chi connectivity index (χ0) is 20.1. The van der Waals surface area contributed by atoms with Gasteiger partial charge >= 0.3 is 0 Å². The molecule has 0 unspecified atom stereocenters. The van der Waals surface area contributed by atoms with Crippen LogP contribution in [0.15, 0.2) is 54.7 Å². The van der Waals surface area contributed by atoms with Gasteiger partial charge in [0, 0.05) is 44.2 Å². The first-order valence-electron chi connectivity index (χ1n) is 10.1. The molecule has 7 rings (SSSR count). The number of aromatic amines is 1. The lowest BCUT2D eigenvalue weighted by Crippen LogP contribution is -2.35. The van der Waals surface area contributed by atoms with Crippen LogP contribution in [0.25, 0.3) is 54.4 Å². The minimum atomic E-state index is -0.899. The van der Waals surface area contributed by atoms with Crippen molar-refractivity contribution < 1.29 is 15.3 Å². The molecule has 148 valence electrons. The van der Waals surface area contributed by atoms with Crippen LogP contribution in [0.2, 0.25) is 0 Å². The van der Waals surface area contributed by atoms with Gasteiger partial charge in [0.2, 0.25) is 0 Å². The Bertz CT molecular complexity index is 1650. The van der Waals surface area contributed by atoms with Crippen LogP contribution in [-0.2, 0) is 13.1 Å². The Morgan fingerprint density at radius 1 is 0.700 bits per heavy atom. The van der Waals surface area contributed by atoms with Gasteiger partial charge in [-0.3, -0.25) is 0 Å². The predicted octanol–water partition coefficient (Wildman–Crippen LogP) is 3.82. The van der Waals surface area contributed by atoms with E-state index in [4.69, 9.17) is 0 Å². The maximum atomic E-state index is 10.8. The quantitative estimate of drug-likeness (QED) is 0.314. The Hall–Kier alpha value is -3.48. The van der Waals surface area contributed by atoms with Crippen LogP contribution in [0.4, 0.5) is 0 Å². The Labute approximate surface area is 170 Å². The Morgan fingerprint density at radius 3 is 1.87 bits per heavy atom. The number of benzene rings is 3. The second kappa shape index (κ2) is 5.36. The van der Waals surface area contributed by atoms with E-state index in [1.54, 1.807) is 0 Å². The van der Waals surface area contributed by atoms with Crippen molar-refractivity contribution in [2.75, 3.05) is 0 Å². The maximum Gasteiger partial charge on any atom is 0.197 e. The van der Waals surface area contributed by atoms with Gasteiger partial charge in [0.05, 0.1) is 41.7 Å². The zero-order valence-corrected chi connectivity index (χ0v) is 16.0. The third kappa shape index (κ3) is 1.77. The molecule has 0 spiro atoms. The average Bonchev–Trinajstić information content (AvgIpc) is 3.39. The van der Waals surface area contributed by atoms with Gasteiger partial charge < -0.3 is 29.4 Å². The van der Waals surface area contributed by atoms with Crippen molar-refractivity contribution in [3.63, 3.8) is 0 Å². The molecule has 0 bridgehead atoms. The highest BCUT2D eigenvalue weighted by Gasteiger charge is 2.30. The Balaban J connectivity index is 1.92. The number of rotatable bonds is 0. The summed E-state index contributed by atoms with van der Waals surface area (Å²) in [6.07, 6.45) is 0.0828. The second-order valence-electron chi connectivity index (χ2n) is 8.26. The van der Waals surface area contributed by atoms with Crippen LogP contribution in [0.5, 0.6) is 5.88 Å². The van der Waals surface area contributed by atoms with Gasteiger partial charge in [-0.15, -0.1) is 0 Å². The van der Waals surface area contributed by atoms with Crippen molar-refractivity contribution >= 4 is 54.4 Å². The number of aliphatic hydroxyl groups excluding tert-OH is 2. The smallest absolute Gasteiger partial charge is 0.197 e. The molecule has 2 atom stereocenters. The third-order valence-corrected chi connectivity index (χ3v) is 6.73. The van der Waals surface area contributed by atoms with Crippen molar-refractivity contribution in [3.05, 3.63) is 54.7 Å². The molecule has 0 saturated heterocycles. The van der Waals surface area contributed by atoms with E-state index in [0.717, 1.165) is 54.4 Å².